The molecule has 0 aliphatic heterocycles. The lowest BCUT2D eigenvalue weighted by Gasteiger charge is -2.40. The van der Waals surface area contributed by atoms with Gasteiger partial charge in [0.15, 0.2) is 16.6 Å². The van der Waals surface area contributed by atoms with Crippen LogP contribution in [0.5, 0.6) is 0 Å². The first-order valence-electron chi connectivity index (χ1n) is 12.9. The highest BCUT2D eigenvalue weighted by Crippen LogP contribution is 2.44. The van der Waals surface area contributed by atoms with E-state index < -0.39 is 22.7 Å². The van der Waals surface area contributed by atoms with E-state index in [1.807, 2.05) is 0 Å². The summed E-state index contributed by atoms with van der Waals surface area (Å²) in [6.07, 6.45) is 7.63. The molecule has 0 bridgehead atoms. The Morgan fingerprint density at radius 3 is 1.97 bits per heavy atom. The summed E-state index contributed by atoms with van der Waals surface area (Å²) < 4.78 is 13.5. The fraction of sp³-hybridized carbons (Fsp3) is 0.923. The molecule has 0 spiro atoms. The van der Waals surface area contributed by atoms with E-state index in [9.17, 15) is 15.3 Å². The molecule has 1 aliphatic carbocycles. The molecule has 196 valence electrons. The molecule has 5 atom stereocenters. The second-order valence-corrected chi connectivity index (χ2v) is 22.5. The molecule has 33 heavy (non-hydrogen) atoms. The standard InChI is InChI=1S/C26H54O5Si2/c1-25(2,3)32(7,8)30-20(13-11-12-17-27)14-15-22-21(16-18-28)23(29)19-24(22)31-33(9,10)26(4,5)6/h14-15,20-24,27-29H,11-13,16-19H2,1-10H3/b15-14+/t20-,21-,22+,23+,24-/m0/s1. The van der Waals surface area contributed by atoms with Crippen LogP contribution in [-0.4, -0.2) is 63.5 Å². The highest BCUT2D eigenvalue weighted by molar-refractivity contribution is 6.74. The smallest absolute Gasteiger partial charge is 0.192 e. The highest BCUT2D eigenvalue weighted by Gasteiger charge is 2.47. The van der Waals surface area contributed by atoms with Crippen molar-refractivity contribution in [3.8, 4) is 0 Å². The van der Waals surface area contributed by atoms with E-state index in [0.717, 1.165) is 19.3 Å². The third-order valence-corrected chi connectivity index (χ3v) is 17.3. The van der Waals surface area contributed by atoms with Crippen LogP contribution in [0.2, 0.25) is 36.3 Å². The zero-order valence-electron chi connectivity index (χ0n) is 23.1. The van der Waals surface area contributed by atoms with Gasteiger partial charge in [0, 0.05) is 19.1 Å². The molecule has 0 heterocycles. The second kappa shape index (κ2) is 12.3. The summed E-state index contributed by atoms with van der Waals surface area (Å²) in [7, 11) is -3.96. The molecule has 1 fully saturated rings. The van der Waals surface area contributed by atoms with Crippen molar-refractivity contribution in [3.63, 3.8) is 0 Å². The molecule has 0 aromatic heterocycles. The lowest BCUT2D eigenvalue weighted by Crippen LogP contribution is -2.45. The van der Waals surface area contributed by atoms with Gasteiger partial charge in [-0.3, -0.25) is 0 Å². The van der Waals surface area contributed by atoms with E-state index in [4.69, 9.17) is 8.85 Å². The lowest BCUT2D eigenvalue weighted by atomic mass is 9.90. The molecule has 0 aromatic rings. The van der Waals surface area contributed by atoms with Gasteiger partial charge in [-0.25, -0.2) is 0 Å². The Bertz CT molecular complexity index is 607. The van der Waals surface area contributed by atoms with Crippen molar-refractivity contribution in [2.45, 2.75) is 128 Å². The Hall–Kier alpha value is -0.0262. The molecule has 0 amide bonds. The maximum Gasteiger partial charge on any atom is 0.192 e. The topological polar surface area (TPSA) is 79.2 Å². The van der Waals surface area contributed by atoms with Crippen molar-refractivity contribution in [1.82, 2.24) is 0 Å². The van der Waals surface area contributed by atoms with Gasteiger partial charge in [0.05, 0.1) is 18.3 Å². The Balaban J connectivity index is 3.18. The predicted octanol–water partition coefficient (Wildman–Crippen LogP) is 5.87. The summed E-state index contributed by atoms with van der Waals surface area (Å²) in [4.78, 5) is 0. The molecule has 1 aliphatic rings. The molecule has 0 unspecified atom stereocenters. The molecular formula is C26H54O5Si2. The summed E-state index contributed by atoms with van der Waals surface area (Å²) in [6, 6.07) is 0. The zero-order valence-corrected chi connectivity index (χ0v) is 25.1. The third kappa shape index (κ3) is 8.85. The Kier molecular flexibility index (Phi) is 11.5. The summed E-state index contributed by atoms with van der Waals surface area (Å²) in [5.41, 5.74) is 0. The summed E-state index contributed by atoms with van der Waals surface area (Å²) in [5, 5.41) is 30.0. The third-order valence-electron chi connectivity index (χ3n) is 8.30. The van der Waals surface area contributed by atoms with Gasteiger partial charge in [-0.2, -0.15) is 0 Å². The van der Waals surface area contributed by atoms with Crippen LogP contribution in [0.4, 0.5) is 0 Å². The molecule has 0 saturated heterocycles. The van der Waals surface area contributed by atoms with Gasteiger partial charge in [0.1, 0.15) is 0 Å². The molecule has 0 radical (unpaired) electrons. The van der Waals surface area contributed by atoms with E-state index >= 15 is 0 Å². The fourth-order valence-corrected chi connectivity index (χ4v) is 6.71. The van der Waals surface area contributed by atoms with E-state index in [1.54, 1.807) is 0 Å². The van der Waals surface area contributed by atoms with E-state index in [-0.39, 0.29) is 47.3 Å². The number of rotatable bonds is 12. The molecule has 0 aromatic carbocycles. The molecule has 3 N–H and O–H groups in total. The van der Waals surface area contributed by atoms with Crippen LogP contribution in [0, 0.1) is 11.8 Å². The number of unbranched alkanes of at least 4 members (excludes halogenated alkanes) is 1. The summed E-state index contributed by atoms with van der Waals surface area (Å²) in [6.45, 7) is 22.8. The van der Waals surface area contributed by atoms with Gasteiger partial charge in [-0.1, -0.05) is 53.7 Å². The summed E-state index contributed by atoms with van der Waals surface area (Å²) in [5.74, 6) is 0.0524. The number of hydrogen-bond donors (Lipinski definition) is 3. The first-order valence-corrected chi connectivity index (χ1v) is 18.7. The highest BCUT2D eigenvalue weighted by atomic mass is 28.4. The van der Waals surface area contributed by atoms with Crippen molar-refractivity contribution in [2.24, 2.45) is 11.8 Å². The van der Waals surface area contributed by atoms with Crippen LogP contribution in [0.25, 0.3) is 0 Å². The first-order chi connectivity index (χ1) is 15.0. The van der Waals surface area contributed by atoms with Crippen LogP contribution in [-0.2, 0) is 8.85 Å². The average Bonchev–Trinajstić information content (AvgIpc) is 2.92. The van der Waals surface area contributed by atoms with E-state index in [1.165, 1.54) is 0 Å². The first kappa shape index (κ1) is 31.0. The van der Waals surface area contributed by atoms with Gasteiger partial charge in [-0.15, -0.1) is 0 Å². The van der Waals surface area contributed by atoms with Gasteiger partial charge < -0.3 is 24.2 Å². The Morgan fingerprint density at radius 2 is 1.48 bits per heavy atom. The van der Waals surface area contributed by atoms with Crippen LogP contribution < -0.4 is 0 Å². The number of aliphatic hydroxyl groups excluding tert-OH is 3. The van der Waals surface area contributed by atoms with Gasteiger partial charge in [0.25, 0.3) is 0 Å². The maximum atomic E-state index is 10.8. The van der Waals surface area contributed by atoms with Crippen LogP contribution >= 0.6 is 0 Å². The SMILES string of the molecule is CC(C)(C)[Si](C)(C)O[C@H](/C=C/[C@@H]1[C@H](CCO)[C@H](O)C[C@@H]1O[Si](C)(C)C(C)(C)C)CCCCO. The minimum absolute atomic E-state index is 0.00742. The van der Waals surface area contributed by atoms with Crippen molar-refractivity contribution in [2.75, 3.05) is 13.2 Å². The second-order valence-electron chi connectivity index (χ2n) is 13.0. The predicted molar refractivity (Wildman–Crippen MR) is 144 cm³/mol. The largest absolute Gasteiger partial charge is 0.413 e. The van der Waals surface area contributed by atoms with Crippen molar-refractivity contribution in [1.29, 1.82) is 0 Å². The quantitative estimate of drug-likeness (QED) is 0.177. The lowest BCUT2D eigenvalue weighted by molar-refractivity contribution is 0.103. The Morgan fingerprint density at radius 1 is 0.909 bits per heavy atom. The molecular weight excluding hydrogens is 448 g/mol. The van der Waals surface area contributed by atoms with Gasteiger partial charge in [0.2, 0.25) is 0 Å². The number of aliphatic hydroxyl groups is 3. The Labute approximate surface area is 206 Å². The van der Waals surface area contributed by atoms with Gasteiger partial charge in [-0.05, 0) is 74.3 Å². The monoisotopic (exact) mass is 502 g/mol. The van der Waals surface area contributed by atoms with Crippen LogP contribution in [0.3, 0.4) is 0 Å². The van der Waals surface area contributed by atoms with Crippen LogP contribution in [0.15, 0.2) is 12.2 Å². The van der Waals surface area contributed by atoms with E-state index in [2.05, 4.69) is 79.9 Å². The zero-order chi connectivity index (χ0) is 25.7. The van der Waals surface area contributed by atoms with E-state index in [0.29, 0.717) is 12.8 Å². The molecule has 1 saturated carbocycles. The minimum Gasteiger partial charge on any atom is -0.413 e. The maximum absolute atomic E-state index is 10.8. The van der Waals surface area contributed by atoms with Crippen LogP contribution in [0.1, 0.15) is 73.6 Å². The van der Waals surface area contributed by atoms with Crippen molar-refractivity contribution in [3.05, 3.63) is 12.2 Å². The van der Waals surface area contributed by atoms with Gasteiger partial charge >= 0.3 is 0 Å². The summed E-state index contributed by atoms with van der Waals surface area (Å²) >= 11 is 0. The molecule has 5 nitrogen and oxygen atoms in total. The fourth-order valence-electron chi connectivity index (χ4n) is 4.04. The molecule has 7 heteroatoms. The van der Waals surface area contributed by atoms with Crippen molar-refractivity contribution < 1.29 is 24.2 Å². The molecule has 1 rings (SSSR count). The average molecular weight is 503 g/mol. The van der Waals surface area contributed by atoms with Crippen molar-refractivity contribution >= 4 is 16.6 Å². The minimum atomic E-state index is -2.00. The number of hydrogen-bond acceptors (Lipinski definition) is 5. The normalized spacial score (nSPS) is 26.3.